The molecule has 1 aromatic rings. The van der Waals surface area contributed by atoms with Crippen LogP contribution in [0, 0.1) is 0 Å². The van der Waals surface area contributed by atoms with Crippen molar-refractivity contribution in [3.63, 3.8) is 0 Å². The first-order valence-corrected chi connectivity index (χ1v) is 6.90. The third-order valence-corrected chi connectivity index (χ3v) is 3.39. The first-order valence-electron chi connectivity index (χ1n) is 4.59. The van der Waals surface area contributed by atoms with Gasteiger partial charge in [0.1, 0.15) is 0 Å². The van der Waals surface area contributed by atoms with Gasteiger partial charge >= 0.3 is 6.09 Å². The van der Waals surface area contributed by atoms with Gasteiger partial charge in [-0.15, -0.1) is 4.99 Å². The number of methoxy groups -OCH3 is 1. The number of aliphatic imine (C=N–C) groups is 1. The van der Waals surface area contributed by atoms with Gasteiger partial charge in [0.25, 0.3) is 15.0 Å². The molecule has 0 saturated heterocycles. The lowest BCUT2D eigenvalue weighted by atomic mass is 10.3. The predicted octanol–water partition coefficient (Wildman–Crippen LogP) is -0.0107. The number of hydrogen-bond acceptors (Lipinski definition) is 4. The second-order valence-corrected chi connectivity index (χ2v) is 5.76. The van der Waals surface area contributed by atoms with Crippen molar-refractivity contribution in [3.8, 4) is 0 Å². The topological polar surface area (TPSA) is 97.5 Å². The molecule has 0 spiro atoms. The molecule has 94 valence electrons. The number of halogens is 1. The van der Waals surface area contributed by atoms with Gasteiger partial charge in [0, 0.05) is 10.7 Å². The Morgan fingerprint density at radius 1 is 1.33 bits per heavy atom. The summed E-state index contributed by atoms with van der Waals surface area (Å²) in [5.41, 5.74) is 0. The average Bonchev–Trinajstić information content (AvgIpc) is 2.68. The van der Waals surface area contributed by atoms with Gasteiger partial charge in [-0.2, -0.15) is 0 Å². The van der Waals surface area contributed by atoms with E-state index in [1.54, 1.807) is 0 Å². The molecule has 0 bridgehead atoms. The quantitative estimate of drug-likeness (QED) is 0.678. The van der Waals surface area contributed by atoms with Crippen LogP contribution in [0.2, 0.25) is 0 Å². The molecule has 0 aliphatic carbocycles. The van der Waals surface area contributed by atoms with Crippen LogP contribution in [0.25, 0.3) is 0 Å². The molecule has 1 heterocycles. The van der Waals surface area contributed by atoms with E-state index in [1.165, 1.54) is 25.3 Å². The van der Waals surface area contributed by atoms with E-state index < -0.39 is 15.1 Å². The van der Waals surface area contributed by atoms with Crippen LogP contribution in [-0.4, -0.2) is 27.6 Å². The molecular weight excluding hydrogens is 282 g/mol. The van der Waals surface area contributed by atoms with Crippen LogP contribution in [0.5, 0.6) is 0 Å². The summed E-state index contributed by atoms with van der Waals surface area (Å²) in [6.45, 7) is 0. The van der Waals surface area contributed by atoms with E-state index in [1.807, 2.05) is 0 Å². The number of hydrogen-bond donors (Lipinski definition) is 0. The highest BCUT2D eigenvalue weighted by molar-refractivity contribution is 8.13. The standard InChI is InChI=1S/C9H6ClN3O4S/c1-17-9(14)13-8-11-6-3-2-5(18(10,15)16)4-7(6)12-8/h2-4H,1H3/b13-8-. The molecule has 0 unspecified atom stereocenters. The van der Waals surface area contributed by atoms with Crippen LogP contribution in [0.4, 0.5) is 4.79 Å². The van der Waals surface area contributed by atoms with Gasteiger partial charge in [-0.1, -0.05) is 0 Å². The van der Waals surface area contributed by atoms with Crippen molar-refractivity contribution in [3.05, 3.63) is 28.9 Å². The number of ether oxygens (including phenoxy) is 1. The van der Waals surface area contributed by atoms with E-state index in [4.69, 9.17) is 10.7 Å². The van der Waals surface area contributed by atoms with E-state index in [0.29, 0.717) is 5.36 Å². The number of nitrogens with zero attached hydrogens (tertiary/aromatic N) is 3. The van der Waals surface area contributed by atoms with Gasteiger partial charge in [0.15, 0.2) is 0 Å². The number of fused-ring (bicyclic) bond motifs is 1. The first kappa shape index (κ1) is 12.7. The summed E-state index contributed by atoms with van der Waals surface area (Å²) in [5, 5.41) is 0.682. The molecule has 18 heavy (non-hydrogen) atoms. The number of carbonyl (C=O) groups is 1. The van der Waals surface area contributed by atoms with Gasteiger partial charge in [-0.05, 0) is 18.2 Å². The van der Waals surface area contributed by atoms with Crippen LogP contribution in [-0.2, 0) is 13.8 Å². The Kier molecular flexibility index (Phi) is 3.14. The zero-order chi connectivity index (χ0) is 13.3. The molecule has 1 aliphatic rings. The van der Waals surface area contributed by atoms with Gasteiger partial charge in [0.2, 0.25) is 0 Å². The highest BCUT2D eigenvalue weighted by Gasteiger charge is 2.13. The molecule has 0 aromatic heterocycles. The normalized spacial score (nSPS) is 15.8. The monoisotopic (exact) mass is 287 g/mol. The average molecular weight is 288 g/mol. The zero-order valence-corrected chi connectivity index (χ0v) is 10.6. The Balaban J connectivity index is 2.54. The zero-order valence-electron chi connectivity index (χ0n) is 8.99. The molecule has 0 atom stereocenters. The van der Waals surface area contributed by atoms with Crippen molar-refractivity contribution in [2.75, 3.05) is 7.11 Å². The van der Waals surface area contributed by atoms with Crippen LogP contribution < -0.4 is 10.7 Å². The predicted molar refractivity (Wildman–Crippen MR) is 61.6 cm³/mol. The van der Waals surface area contributed by atoms with Crippen molar-refractivity contribution in [2.45, 2.75) is 4.90 Å². The molecule has 1 aliphatic heterocycles. The fourth-order valence-electron chi connectivity index (χ4n) is 1.26. The Morgan fingerprint density at radius 3 is 2.61 bits per heavy atom. The smallest absolute Gasteiger partial charge is 0.436 e. The summed E-state index contributed by atoms with van der Waals surface area (Å²) in [5.74, 6) is -0.0963. The summed E-state index contributed by atoms with van der Waals surface area (Å²) in [7, 11) is 2.54. The summed E-state index contributed by atoms with van der Waals surface area (Å²) >= 11 is 0. The number of benzene rings is 1. The van der Waals surface area contributed by atoms with Crippen molar-refractivity contribution in [1.82, 2.24) is 0 Å². The number of carbonyl (C=O) groups excluding carboxylic acids is 1. The summed E-state index contributed by atoms with van der Waals surface area (Å²) in [6, 6.07) is 3.97. The Labute approximate surface area is 106 Å². The van der Waals surface area contributed by atoms with Crippen LogP contribution >= 0.6 is 10.7 Å². The summed E-state index contributed by atoms with van der Waals surface area (Å²) in [6.07, 6.45) is -0.838. The lowest BCUT2D eigenvalue weighted by Crippen LogP contribution is -2.21. The van der Waals surface area contributed by atoms with Gasteiger partial charge < -0.3 is 4.74 Å². The van der Waals surface area contributed by atoms with E-state index in [9.17, 15) is 13.2 Å². The minimum atomic E-state index is -3.83. The molecule has 2 rings (SSSR count). The van der Waals surface area contributed by atoms with Crippen molar-refractivity contribution >= 4 is 31.8 Å². The molecule has 7 nitrogen and oxygen atoms in total. The molecular formula is C9H6ClN3O4S. The third kappa shape index (κ3) is 2.54. The number of guanidine groups is 1. The molecule has 9 heteroatoms. The molecule has 0 N–H and O–H groups in total. The molecule has 0 radical (unpaired) electrons. The fourth-order valence-corrected chi connectivity index (χ4v) is 2.03. The minimum absolute atomic E-state index is 0.0961. The molecule has 0 saturated carbocycles. The van der Waals surface area contributed by atoms with E-state index in [0.717, 1.165) is 0 Å². The number of amides is 1. The minimum Gasteiger partial charge on any atom is -0.451 e. The van der Waals surface area contributed by atoms with Gasteiger partial charge in [0.05, 0.1) is 22.7 Å². The van der Waals surface area contributed by atoms with Gasteiger partial charge in [-0.3, -0.25) is 0 Å². The Hall–Kier alpha value is -1.80. The van der Waals surface area contributed by atoms with E-state index in [-0.39, 0.29) is 16.2 Å². The fraction of sp³-hybridized carbons (Fsp3) is 0.111. The summed E-state index contributed by atoms with van der Waals surface area (Å²) < 4.78 is 26.6. The second kappa shape index (κ2) is 4.46. The van der Waals surface area contributed by atoms with E-state index >= 15 is 0 Å². The van der Waals surface area contributed by atoms with Crippen molar-refractivity contribution in [2.24, 2.45) is 15.0 Å². The molecule has 0 fully saturated rings. The van der Waals surface area contributed by atoms with E-state index in [2.05, 4.69) is 19.7 Å². The molecule has 1 amide bonds. The maximum absolute atomic E-state index is 11.1. The first-order chi connectivity index (χ1) is 8.40. The maximum Gasteiger partial charge on any atom is 0.436 e. The van der Waals surface area contributed by atoms with Crippen molar-refractivity contribution in [1.29, 1.82) is 0 Å². The van der Waals surface area contributed by atoms with Crippen LogP contribution in [0.3, 0.4) is 0 Å². The second-order valence-electron chi connectivity index (χ2n) is 3.19. The Bertz CT molecular complexity index is 769. The van der Waals surface area contributed by atoms with Gasteiger partial charge in [-0.25, -0.2) is 23.2 Å². The maximum atomic E-state index is 11.1. The lowest BCUT2D eigenvalue weighted by Gasteiger charge is -1.92. The Morgan fingerprint density at radius 2 is 2.00 bits per heavy atom. The number of rotatable bonds is 1. The van der Waals surface area contributed by atoms with Crippen LogP contribution in [0.1, 0.15) is 0 Å². The molecule has 1 aromatic carbocycles. The SMILES string of the molecule is COC(=O)/N=C1/N=c2ccc(S(=O)(=O)Cl)cc2=N1. The third-order valence-electron chi connectivity index (χ3n) is 2.04. The summed E-state index contributed by atoms with van der Waals surface area (Å²) in [4.78, 5) is 22.0. The largest absolute Gasteiger partial charge is 0.451 e. The van der Waals surface area contributed by atoms with Crippen LogP contribution in [0.15, 0.2) is 38.1 Å². The lowest BCUT2D eigenvalue weighted by molar-refractivity contribution is 0.182. The highest BCUT2D eigenvalue weighted by Crippen LogP contribution is 2.10. The van der Waals surface area contributed by atoms with Crippen molar-refractivity contribution < 1.29 is 17.9 Å². The highest BCUT2D eigenvalue weighted by atomic mass is 35.7.